The van der Waals surface area contributed by atoms with E-state index in [1.54, 1.807) is 0 Å². The Balaban J connectivity index is 2.23. The summed E-state index contributed by atoms with van der Waals surface area (Å²) in [6.45, 7) is 3.78. The van der Waals surface area contributed by atoms with Crippen molar-refractivity contribution in [3.8, 4) is 0 Å². The minimum Gasteiger partial charge on any atom is -0.481 e. The quantitative estimate of drug-likeness (QED) is 0.730. The van der Waals surface area contributed by atoms with E-state index in [-0.39, 0.29) is 30.6 Å². The first kappa shape index (κ1) is 13.0. The molecule has 1 amide bonds. The van der Waals surface area contributed by atoms with Crippen LogP contribution in [0, 0.1) is 5.92 Å². The summed E-state index contributed by atoms with van der Waals surface area (Å²) in [5.41, 5.74) is 0. The number of ether oxygens (including phenoxy) is 1. The fourth-order valence-corrected chi connectivity index (χ4v) is 1.85. The van der Waals surface area contributed by atoms with Gasteiger partial charge < -0.3 is 15.2 Å². The van der Waals surface area contributed by atoms with Crippen molar-refractivity contribution in [2.75, 3.05) is 6.61 Å². The first-order valence-corrected chi connectivity index (χ1v) is 5.62. The minimum absolute atomic E-state index is 0.00985. The third kappa shape index (κ3) is 4.18. The maximum Gasteiger partial charge on any atom is 0.306 e. The molecule has 0 heterocycles. The highest BCUT2D eigenvalue weighted by Crippen LogP contribution is 2.25. The third-order valence-electron chi connectivity index (χ3n) is 2.69. The van der Waals surface area contributed by atoms with E-state index in [9.17, 15) is 9.59 Å². The molecular weight excluding hydrogens is 210 g/mol. The normalized spacial score (nSPS) is 24.7. The maximum absolute atomic E-state index is 11.4. The van der Waals surface area contributed by atoms with Crippen molar-refractivity contribution in [3.63, 3.8) is 0 Å². The number of carbonyl (C=O) groups is 2. The van der Waals surface area contributed by atoms with Crippen LogP contribution < -0.4 is 5.32 Å². The van der Waals surface area contributed by atoms with E-state index >= 15 is 0 Å². The van der Waals surface area contributed by atoms with Gasteiger partial charge in [0.2, 0.25) is 5.91 Å². The molecule has 5 heteroatoms. The summed E-state index contributed by atoms with van der Waals surface area (Å²) in [5.74, 6) is -1.24. The van der Waals surface area contributed by atoms with E-state index in [4.69, 9.17) is 9.84 Å². The number of nitrogens with one attached hydrogen (secondary N) is 1. The zero-order chi connectivity index (χ0) is 12.1. The Morgan fingerprint density at radius 2 is 2.12 bits per heavy atom. The van der Waals surface area contributed by atoms with Gasteiger partial charge in [0.05, 0.1) is 12.0 Å². The number of amides is 1. The molecule has 1 aliphatic carbocycles. The van der Waals surface area contributed by atoms with Crippen molar-refractivity contribution in [1.82, 2.24) is 5.32 Å². The van der Waals surface area contributed by atoms with Crippen LogP contribution in [-0.2, 0) is 14.3 Å². The highest BCUT2D eigenvalue weighted by molar-refractivity contribution is 5.78. The van der Waals surface area contributed by atoms with Crippen LogP contribution >= 0.6 is 0 Å². The molecule has 2 N–H and O–H groups in total. The van der Waals surface area contributed by atoms with Gasteiger partial charge in [-0.2, -0.15) is 0 Å². The van der Waals surface area contributed by atoms with Crippen LogP contribution in [0.2, 0.25) is 0 Å². The summed E-state index contributed by atoms with van der Waals surface area (Å²) in [6.07, 6.45) is 1.94. The Morgan fingerprint density at radius 3 is 2.62 bits per heavy atom. The molecule has 2 unspecified atom stereocenters. The first-order valence-electron chi connectivity index (χ1n) is 5.62. The average molecular weight is 229 g/mol. The Labute approximate surface area is 95.2 Å². The van der Waals surface area contributed by atoms with Gasteiger partial charge in [0.15, 0.2) is 0 Å². The molecule has 92 valence electrons. The molecule has 0 radical (unpaired) electrons. The molecular formula is C11H19NO4. The summed E-state index contributed by atoms with van der Waals surface area (Å²) in [4.78, 5) is 22.1. The van der Waals surface area contributed by atoms with Crippen molar-refractivity contribution >= 4 is 11.9 Å². The van der Waals surface area contributed by atoms with Crippen LogP contribution in [0.4, 0.5) is 0 Å². The van der Waals surface area contributed by atoms with Crippen LogP contribution in [0.3, 0.4) is 0 Å². The number of rotatable bonds is 5. The van der Waals surface area contributed by atoms with Crippen LogP contribution in [0.5, 0.6) is 0 Å². The summed E-state index contributed by atoms with van der Waals surface area (Å²) in [5, 5.41) is 11.6. The first-order chi connectivity index (χ1) is 7.49. The van der Waals surface area contributed by atoms with E-state index in [1.165, 1.54) is 0 Å². The summed E-state index contributed by atoms with van der Waals surface area (Å²) < 4.78 is 5.16. The van der Waals surface area contributed by atoms with E-state index in [1.807, 2.05) is 13.8 Å². The second-order valence-corrected chi connectivity index (χ2v) is 4.47. The lowest BCUT2D eigenvalue weighted by Gasteiger charge is -2.13. The Morgan fingerprint density at radius 1 is 1.44 bits per heavy atom. The molecule has 1 rings (SSSR count). The number of hydrogen-bond acceptors (Lipinski definition) is 3. The molecule has 0 bridgehead atoms. The molecule has 0 aromatic heterocycles. The van der Waals surface area contributed by atoms with E-state index < -0.39 is 5.97 Å². The molecule has 5 nitrogen and oxygen atoms in total. The van der Waals surface area contributed by atoms with Gasteiger partial charge in [0.25, 0.3) is 0 Å². The monoisotopic (exact) mass is 229 g/mol. The molecule has 2 atom stereocenters. The van der Waals surface area contributed by atoms with Gasteiger partial charge in [-0.3, -0.25) is 9.59 Å². The van der Waals surface area contributed by atoms with Gasteiger partial charge in [0, 0.05) is 6.04 Å². The van der Waals surface area contributed by atoms with Gasteiger partial charge in [-0.15, -0.1) is 0 Å². The Bertz CT molecular complexity index is 265. The SMILES string of the molecule is CC(C)OCC(=O)NC1CCC(C(=O)O)C1. The lowest BCUT2D eigenvalue weighted by atomic mass is 10.1. The van der Waals surface area contributed by atoms with Crippen molar-refractivity contribution in [2.45, 2.75) is 45.3 Å². The van der Waals surface area contributed by atoms with E-state index in [2.05, 4.69) is 5.32 Å². The average Bonchev–Trinajstić information content (AvgIpc) is 2.63. The molecule has 1 saturated carbocycles. The summed E-state index contributed by atoms with van der Waals surface area (Å²) in [7, 11) is 0. The molecule has 0 aromatic rings. The van der Waals surface area contributed by atoms with Crippen molar-refractivity contribution in [2.24, 2.45) is 5.92 Å². The van der Waals surface area contributed by atoms with Crippen LogP contribution in [0.1, 0.15) is 33.1 Å². The lowest BCUT2D eigenvalue weighted by molar-refractivity contribution is -0.141. The highest BCUT2D eigenvalue weighted by atomic mass is 16.5. The Kier molecular flexibility index (Phi) is 4.73. The maximum atomic E-state index is 11.4. The predicted molar refractivity (Wildman–Crippen MR) is 58.0 cm³/mol. The van der Waals surface area contributed by atoms with Gasteiger partial charge in [-0.05, 0) is 33.1 Å². The van der Waals surface area contributed by atoms with Gasteiger partial charge >= 0.3 is 5.97 Å². The fraction of sp³-hybridized carbons (Fsp3) is 0.818. The van der Waals surface area contributed by atoms with Gasteiger partial charge in [0.1, 0.15) is 6.61 Å². The predicted octanol–water partition coefficient (Wildman–Crippen LogP) is 0.781. The topological polar surface area (TPSA) is 75.6 Å². The summed E-state index contributed by atoms with van der Waals surface area (Å²) in [6, 6.07) is -0.00985. The number of hydrogen-bond donors (Lipinski definition) is 2. The number of carboxylic acid groups (broad SMARTS) is 1. The van der Waals surface area contributed by atoms with E-state index in [0.717, 1.165) is 6.42 Å². The van der Waals surface area contributed by atoms with Crippen molar-refractivity contribution < 1.29 is 19.4 Å². The molecule has 0 aromatic carbocycles. The van der Waals surface area contributed by atoms with Crippen molar-refractivity contribution in [1.29, 1.82) is 0 Å². The molecule has 16 heavy (non-hydrogen) atoms. The largest absolute Gasteiger partial charge is 0.481 e. The number of carboxylic acids is 1. The zero-order valence-electron chi connectivity index (χ0n) is 9.73. The van der Waals surface area contributed by atoms with E-state index in [0.29, 0.717) is 12.8 Å². The lowest BCUT2D eigenvalue weighted by Crippen LogP contribution is -2.36. The molecule has 1 fully saturated rings. The molecule has 0 saturated heterocycles. The second kappa shape index (κ2) is 5.84. The minimum atomic E-state index is -0.768. The van der Waals surface area contributed by atoms with Crippen LogP contribution in [0.25, 0.3) is 0 Å². The molecule has 0 aliphatic heterocycles. The van der Waals surface area contributed by atoms with Gasteiger partial charge in [-0.1, -0.05) is 0 Å². The summed E-state index contributed by atoms with van der Waals surface area (Å²) >= 11 is 0. The van der Waals surface area contributed by atoms with Crippen LogP contribution in [0.15, 0.2) is 0 Å². The highest BCUT2D eigenvalue weighted by Gasteiger charge is 2.30. The fourth-order valence-electron chi connectivity index (χ4n) is 1.85. The molecule has 1 aliphatic rings. The van der Waals surface area contributed by atoms with Crippen molar-refractivity contribution in [3.05, 3.63) is 0 Å². The standard InChI is InChI=1S/C11H19NO4/c1-7(2)16-6-10(13)12-9-4-3-8(5-9)11(14)15/h7-9H,3-6H2,1-2H3,(H,12,13)(H,14,15). The number of carbonyl (C=O) groups excluding carboxylic acids is 1. The van der Waals surface area contributed by atoms with Crippen LogP contribution in [-0.4, -0.2) is 35.7 Å². The Hall–Kier alpha value is -1.10. The molecule has 0 spiro atoms. The number of aliphatic carboxylic acids is 1. The van der Waals surface area contributed by atoms with Gasteiger partial charge in [-0.25, -0.2) is 0 Å². The second-order valence-electron chi connectivity index (χ2n) is 4.47. The smallest absolute Gasteiger partial charge is 0.306 e. The zero-order valence-corrected chi connectivity index (χ0v) is 9.73. The third-order valence-corrected chi connectivity index (χ3v) is 2.69.